The Morgan fingerprint density at radius 2 is 1.77 bits per heavy atom. The maximum Gasteiger partial charge on any atom is 0.407 e. The second-order valence-electron chi connectivity index (χ2n) is 9.00. The van der Waals surface area contributed by atoms with Gasteiger partial charge in [0.15, 0.2) is 0 Å². The summed E-state index contributed by atoms with van der Waals surface area (Å²) >= 11 is 0. The van der Waals surface area contributed by atoms with E-state index in [-0.39, 0.29) is 6.09 Å². The van der Waals surface area contributed by atoms with Crippen LogP contribution in [0, 0.1) is 13.8 Å². The van der Waals surface area contributed by atoms with Crippen LogP contribution in [0.4, 0.5) is 4.79 Å². The Balaban J connectivity index is 1.48. The van der Waals surface area contributed by atoms with Crippen LogP contribution in [0.25, 0.3) is 22.2 Å². The van der Waals surface area contributed by atoms with Gasteiger partial charge in [-0.25, -0.2) is 9.78 Å². The average Bonchev–Trinajstić information content (AvgIpc) is 2.98. The first-order valence-electron chi connectivity index (χ1n) is 11.1. The molecule has 0 bridgehead atoms. The lowest BCUT2D eigenvalue weighted by molar-refractivity contribution is 0.0527. The zero-order chi connectivity index (χ0) is 22.4. The Kier molecular flexibility index (Phi) is 7.31. The van der Waals surface area contributed by atoms with Crippen molar-refractivity contribution in [1.82, 2.24) is 20.1 Å². The van der Waals surface area contributed by atoms with Crippen molar-refractivity contribution in [2.75, 3.05) is 6.54 Å². The zero-order valence-corrected chi connectivity index (χ0v) is 19.4. The van der Waals surface area contributed by atoms with Gasteiger partial charge in [0.2, 0.25) is 0 Å². The van der Waals surface area contributed by atoms with Crippen LogP contribution in [0.3, 0.4) is 0 Å². The number of unbranched alkanes of at least 4 members (excludes halogenated alkanes) is 3. The molecule has 6 nitrogen and oxygen atoms in total. The summed E-state index contributed by atoms with van der Waals surface area (Å²) in [6.45, 7) is 11.3. The van der Waals surface area contributed by atoms with Crippen LogP contribution in [0.5, 0.6) is 0 Å². The molecule has 0 fully saturated rings. The molecule has 0 aliphatic rings. The van der Waals surface area contributed by atoms with E-state index >= 15 is 0 Å². The summed E-state index contributed by atoms with van der Waals surface area (Å²) in [6, 6.07) is 12.4. The molecule has 0 saturated heterocycles. The molecule has 0 atom stereocenters. The van der Waals surface area contributed by atoms with Gasteiger partial charge in [-0.1, -0.05) is 37.1 Å². The van der Waals surface area contributed by atoms with Gasteiger partial charge in [-0.15, -0.1) is 0 Å². The molecular weight excluding hydrogens is 388 g/mol. The first-order chi connectivity index (χ1) is 14.7. The monoisotopic (exact) mass is 422 g/mol. The Bertz CT molecular complexity index is 1030. The number of alkyl carbamates (subject to hydrolysis) is 1. The van der Waals surface area contributed by atoms with Gasteiger partial charge < -0.3 is 10.1 Å². The van der Waals surface area contributed by atoms with E-state index in [0.29, 0.717) is 6.54 Å². The number of carbonyl (C=O) groups excluding carboxylic acids is 1. The van der Waals surface area contributed by atoms with Crippen molar-refractivity contribution < 1.29 is 9.53 Å². The third-order valence-electron chi connectivity index (χ3n) is 5.20. The highest BCUT2D eigenvalue weighted by atomic mass is 16.6. The summed E-state index contributed by atoms with van der Waals surface area (Å²) in [5.74, 6) is 0. The van der Waals surface area contributed by atoms with E-state index in [2.05, 4.69) is 42.0 Å². The van der Waals surface area contributed by atoms with E-state index in [1.54, 1.807) is 0 Å². The Hall–Kier alpha value is -2.89. The van der Waals surface area contributed by atoms with Crippen LogP contribution < -0.4 is 5.32 Å². The van der Waals surface area contributed by atoms with Gasteiger partial charge in [0.1, 0.15) is 5.60 Å². The minimum atomic E-state index is -0.453. The number of amides is 1. The van der Waals surface area contributed by atoms with Crippen LogP contribution in [0.2, 0.25) is 0 Å². The van der Waals surface area contributed by atoms with Crippen LogP contribution >= 0.6 is 0 Å². The molecule has 166 valence electrons. The molecule has 2 heterocycles. The molecule has 0 aliphatic heterocycles. The fraction of sp³-hybridized carbons (Fsp3) is 0.480. The van der Waals surface area contributed by atoms with E-state index < -0.39 is 5.60 Å². The second kappa shape index (κ2) is 9.94. The van der Waals surface area contributed by atoms with Gasteiger partial charge in [0.25, 0.3) is 0 Å². The molecule has 1 aromatic carbocycles. The minimum Gasteiger partial charge on any atom is -0.444 e. The molecule has 3 aromatic rings. The first-order valence-corrected chi connectivity index (χ1v) is 11.1. The number of aromatic nitrogens is 3. The van der Waals surface area contributed by atoms with Gasteiger partial charge in [0, 0.05) is 29.7 Å². The van der Waals surface area contributed by atoms with E-state index in [9.17, 15) is 4.79 Å². The summed E-state index contributed by atoms with van der Waals surface area (Å²) < 4.78 is 7.34. The number of hydrogen-bond acceptors (Lipinski definition) is 4. The van der Waals surface area contributed by atoms with Gasteiger partial charge >= 0.3 is 6.09 Å². The number of rotatable bonds is 8. The normalized spacial score (nSPS) is 11.6. The van der Waals surface area contributed by atoms with Crippen LogP contribution in [0.15, 0.2) is 36.4 Å². The molecule has 0 spiro atoms. The zero-order valence-electron chi connectivity index (χ0n) is 19.4. The molecule has 0 unspecified atom stereocenters. The van der Waals surface area contributed by atoms with Crippen LogP contribution in [-0.4, -0.2) is 33.0 Å². The van der Waals surface area contributed by atoms with E-state index in [1.807, 2.05) is 39.0 Å². The number of carbonyl (C=O) groups is 1. The predicted octanol–water partition coefficient (Wildman–Crippen LogP) is 5.80. The van der Waals surface area contributed by atoms with Crippen molar-refractivity contribution in [3.63, 3.8) is 0 Å². The number of para-hydroxylation sites is 1. The third kappa shape index (κ3) is 6.29. The SMILES string of the molecule is Cc1nn(CCCCCCNC(=O)OC(C)(C)C)c(C)c1-c1ccc2ccccc2n1. The van der Waals surface area contributed by atoms with Crippen molar-refractivity contribution >= 4 is 17.0 Å². The Morgan fingerprint density at radius 3 is 2.55 bits per heavy atom. The molecule has 1 N–H and O–H groups in total. The van der Waals surface area contributed by atoms with Crippen LogP contribution in [-0.2, 0) is 11.3 Å². The topological polar surface area (TPSA) is 69.0 Å². The summed E-state index contributed by atoms with van der Waals surface area (Å²) in [4.78, 5) is 16.5. The highest BCUT2D eigenvalue weighted by Gasteiger charge is 2.16. The molecule has 2 aromatic heterocycles. The number of benzene rings is 1. The number of pyridine rings is 1. The van der Waals surface area contributed by atoms with Crippen molar-refractivity contribution in [2.24, 2.45) is 0 Å². The summed E-state index contributed by atoms with van der Waals surface area (Å²) in [5.41, 5.74) is 4.84. The van der Waals surface area contributed by atoms with Crippen LogP contribution in [0.1, 0.15) is 57.8 Å². The molecule has 6 heteroatoms. The average molecular weight is 423 g/mol. The molecule has 0 saturated carbocycles. The maximum absolute atomic E-state index is 11.6. The fourth-order valence-electron chi connectivity index (χ4n) is 3.74. The number of nitrogens with one attached hydrogen (secondary N) is 1. The maximum atomic E-state index is 11.6. The van der Waals surface area contributed by atoms with Gasteiger partial charge in [-0.3, -0.25) is 4.68 Å². The number of ether oxygens (including phenoxy) is 1. The summed E-state index contributed by atoms with van der Waals surface area (Å²) in [5, 5.41) is 8.72. The lowest BCUT2D eigenvalue weighted by Gasteiger charge is -2.19. The van der Waals surface area contributed by atoms with Gasteiger partial charge in [-0.05, 0) is 59.6 Å². The second-order valence-corrected chi connectivity index (χ2v) is 9.00. The number of fused-ring (bicyclic) bond motifs is 1. The smallest absolute Gasteiger partial charge is 0.407 e. The largest absolute Gasteiger partial charge is 0.444 e. The van der Waals surface area contributed by atoms with Crippen molar-refractivity contribution in [3.05, 3.63) is 47.8 Å². The number of aryl methyl sites for hydroxylation is 2. The molecule has 1 amide bonds. The highest BCUT2D eigenvalue weighted by molar-refractivity contribution is 5.82. The molecule has 31 heavy (non-hydrogen) atoms. The fourth-order valence-corrected chi connectivity index (χ4v) is 3.74. The van der Waals surface area contributed by atoms with Gasteiger partial charge in [0.05, 0.1) is 16.9 Å². The molecule has 3 rings (SSSR count). The van der Waals surface area contributed by atoms with E-state index in [4.69, 9.17) is 14.8 Å². The highest BCUT2D eigenvalue weighted by Crippen LogP contribution is 2.27. The predicted molar refractivity (Wildman–Crippen MR) is 125 cm³/mol. The van der Waals surface area contributed by atoms with Crippen molar-refractivity contribution in [1.29, 1.82) is 0 Å². The van der Waals surface area contributed by atoms with Crippen molar-refractivity contribution in [2.45, 2.75) is 72.4 Å². The molecule has 0 radical (unpaired) electrons. The number of hydrogen-bond donors (Lipinski definition) is 1. The Labute approximate surface area is 185 Å². The lowest BCUT2D eigenvalue weighted by Crippen LogP contribution is -2.32. The lowest BCUT2D eigenvalue weighted by atomic mass is 10.1. The first kappa shape index (κ1) is 22.8. The molecule has 0 aliphatic carbocycles. The minimum absolute atomic E-state index is 0.343. The quantitative estimate of drug-likeness (QED) is 0.466. The van der Waals surface area contributed by atoms with E-state index in [0.717, 1.165) is 65.8 Å². The Morgan fingerprint density at radius 1 is 1.03 bits per heavy atom. The van der Waals surface area contributed by atoms with Gasteiger partial charge in [-0.2, -0.15) is 5.10 Å². The standard InChI is InChI=1S/C25H34N4O2/c1-18-23(22-15-14-20-12-8-9-13-21(20)27-22)19(2)29(28-18)17-11-7-6-10-16-26-24(30)31-25(3,4)5/h8-9,12-15H,6-7,10-11,16-17H2,1-5H3,(H,26,30). The summed E-state index contributed by atoms with van der Waals surface area (Å²) in [6.07, 6.45) is 3.82. The van der Waals surface area contributed by atoms with E-state index in [1.165, 1.54) is 0 Å². The third-order valence-corrected chi connectivity index (χ3v) is 5.20. The summed E-state index contributed by atoms with van der Waals surface area (Å²) in [7, 11) is 0. The molecular formula is C25H34N4O2. The van der Waals surface area contributed by atoms with Crippen molar-refractivity contribution in [3.8, 4) is 11.3 Å². The number of nitrogens with zero attached hydrogens (tertiary/aromatic N) is 3.